The molecule has 0 aliphatic carbocycles. The Bertz CT molecular complexity index is 418. The lowest BCUT2D eigenvalue weighted by Crippen LogP contribution is -2.45. The van der Waals surface area contributed by atoms with E-state index in [2.05, 4.69) is 5.43 Å². The fourth-order valence-corrected chi connectivity index (χ4v) is 1.68. The molecule has 0 spiro atoms. The largest absolute Gasteiger partial charge is 0.508 e. The molecule has 0 aliphatic rings. The number of rotatable bonds is 5. The standard InChI is InChI=1S/C12H16N2O3/c1-8(15)12(9(2)16)14(3)13-10-5-4-6-11(17)7-10/h4-7,12-13,17H,1-3H3. The van der Waals surface area contributed by atoms with E-state index in [4.69, 9.17) is 0 Å². The molecule has 0 bridgehead atoms. The summed E-state index contributed by atoms with van der Waals surface area (Å²) in [6.07, 6.45) is 0. The van der Waals surface area contributed by atoms with Crippen LogP contribution < -0.4 is 5.43 Å². The highest BCUT2D eigenvalue weighted by Crippen LogP contribution is 2.16. The minimum atomic E-state index is -0.822. The molecular formula is C12H16N2O3. The van der Waals surface area contributed by atoms with E-state index in [1.54, 1.807) is 25.2 Å². The Morgan fingerprint density at radius 1 is 1.29 bits per heavy atom. The lowest BCUT2D eigenvalue weighted by molar-refractivity contribution is -0.131. The number of hydrazine groups is 1. The molecule has 0 aliphatic heterocycles. The molecule has 0 atom stereocenters. The monoisotopic (exact) mass is 236 g/mol. The van der Waals surface area contributed by atoms with E-state index in [0.29, 0.717) is 5.69 Å². The van der Waals surface area contributed by atoms with Crippen molar-refractivity contribution in [1.82, 2.24) is 5.01 Å². The summed E-state index contributed by atoms with van der Waals surface area (Å²) in [6, 6.07) is 5.62. The van der Waals surface area contributed by atoms with Crippen molar-refractivity contribution < 1.29 is 14.7 Å². The van der Waals surface area contributed by atoms with Gasteiger partial charge in [0.25, 0.3) is 0 Å². The Morgan fingerprint density at radius 2 is 1.88 bits per heavy atom. The number of nitrogens with one attached hydrogen (secondary N) is 1. The van der Waals surface area contributed by atoms with Crippen LogP contribution in [0.1, 0.15) is 13.8 Å². The number of carbonyl (C=O) groups is 2. The molecule has 17 heavy (non-hydrogen) atoms. The van der Waals surface area contributed by atoms with Crippen molar-refractivity contribution in [3.63, 3.8) is 0 Å². The molecule has 0 saturated carbocycles. The summed E-state index contributed by atoms with van der Waals surface area (Å²) in [5.41, 5.74) is 3.49. The molecule has 0 heterocycles. The second-order valence-electron chi connectivity index (χ2n) is 3.90. The predicted molar refractivity (Wildman–Crippen MR) is 64.6 cm³/mol. The second-order valence-corrected chi connectivity index (χ2v) is 3.90. The highest BCUT2D eigenvalue weighted by Gasteiger charge is 2.24. The van der Waals surface area contributed by atoms with Crippen LogP contribution in [0.5, 0.6) is 5.75 Å². The molecule has 0 aromatic heterocycles. The van der Waals surface area contributed by atoms with Crippen molar-refractivity contribution in [2.45, 2.75) is 19.9 Å². The number of hydrogen-bond acceptors (Lipinski definition) is 5. The quantitative estimate of drug-likeness (QED) is 0.594. The van der Waals surface area contributed by atoms with Gasteiger partial charge in [0.05, 0.1) is 5.69 Å². The number of phenolic OH excluding ortho intramolecular Hbond substituents is 1. The molecule has 0 saturated heterocycles. The molecular weight excluding hydrogens is 220 g/mol. The van der Waals surface area contributed by atoms with Crippen LogP contribution in [-0.2, 0) is 9.59 Å². The van der Waals surface area contributed by atoms with Crippen LogP contribution in [0.3, 0.4) is 0 Å². The fraction of sp³-hybridized carbons (Fsp3) is 0.333. The van der Waals surface area contributed by atoms with Crippen molar-refractivity contribution in [3.05, 3.63) is 24.3 Å². The Hall–Kier alpha value is -1.88. The second kappa shape index (κ2) is 5.45. The first-order valence-electron chi connectivity index (χ1n) is 5.21. The van der Waals surface area contributed by atoms with Crippen LogP contribution in [0.15, 0.2) is 24.3 Å². The summed E-state index contributed by atoms with van der Waals surface area (Å²) in [5.74, 6) is -0.342. The molecule has 0 fully saturated rings. The summed E-state index contributed by atoms with van der Waals surface area (Å²) in [4.78, 5) is 22.7. The van der Waals surface area contributed by atoms with Gasteiger partial charge >= 0.3 is 0 Å². The first-order chi connectivity index (χ1) is 7.91. The van der Waals surface area contributed by atoms with Crippen LogP contribution in [0.4, 0.5) is 5.69 Å². The van der Waals surface area contributed by atoms with E-state index in [1.807, 2.05) is 0 Å². The number of Topliss-reactive ketones (excluding diaryl/α,β-unsaturated/α-hetero) is 2. The maximum atomic E-state index is 11.3. The average Bonchev–Trinajstić information content (AvgIpc) is 2.15. The van der Waals surface area contributed by atoms with Gasteiger partial charge in [-0.05, 0) is 26.0 Å². The molecule has 1 aromatic rings. The van der Waals surface area contributed by atoms with Gasteiger partial charge in [0.1, 0.15) is 11.8 Å². The smallest absolute Gasteiger partial charge is 0.156 e. The third-order valence-electron chi connectivity index (χ3n) is 2.31. The number of hydrogen-bond donors (Lipinski definition) is 2. The molecule has 1 aromatic carbocycles. The third-order valence-corrected chi connectivity index (χ3v) is 2.31. The Kier molecular flexibility index (Phi) is 4.23. The highest BCUT2D eigenvalue weighted by atomic mass is 16.3. The predicted octanol–water partition coefficient (Wildman–Crippen LogP) is 1.20. The number of ketones is 2. The summed E-state index contributed by atoms with van der Waals surface area (Å²) >= 11 is 0. The van der Waals surface area contributed by atoms with E-state index < -0.39 is 6.04 Å². The van der Waals surface area contributed by atoms with Crippen molar-refractivity contribution in [1.29, 1.82) is 0 Å². The number of carbonyl (C=O) groups excluding carboxylic acids is 2. The average molecular weight is 236 g/mol. The number of phenols is 1. The van der Waals surface area contributed by atoms with Crippen LogP contribution >= 0.6 is 0 Å². The SMILES string of the molecule is CC(=O)C(C(C)=O)N(C)Nc1cccc(O)c1. The number of anilines is 1. The van der Waals surface area contributed by atoms with Crippen LogP contribution in [0.2, 0.25) is 0 Å². The number of nitrogens with zero attached hydrogens (tertiary/aromatic N) is 1. The lowest BCUT2D eigenvalue weighted by Gasteiger charge is -2.25. The zero-order valence-corrected chi connectivity index (χ0v) is 10.1. The highest BCUT2D eigenvalue weighted by molar-refractivity contribution is 6.04. The molecule has 0 amide bonds. The zero-order chi connectivity index (χ0) is 13.0. The van der Waals surface area contributed by atoms with Gasteiger partial charge in [-0.15, -0.1) is 0 Å². The molecule has 1 rings (SSSR count). The number of aromatic hydroxyl groups is 1. The Labute approximate surface area is 100 Å². The lowest BCUT2D eigenvalue weighted by atomic mass is 10.1. The first-order valence-corrected chi connectivity index (χ1v) is 5.21. The molecule has 0 unspecified atom stereocenters. The topological polar surface area (TPSA) is 69.6 Å². The van der Waals surface area contributed by atoms with Gasteiger partial charge in [-0.25, -0.2) is 5.01 Å². The van der Waals surface area contributed by atoms with Crippen molar-refractivity contribution in [2.24, 2.45) is 0 Å². The third kappa shape index (κ3) is 3.57. The number of benzene rings is 1. The van der Waals surface area contributed by atoms with E-state index in [9.17, 15) is 14.7 Å². The van der Waals surface area contributed by atoms with Crippen molar-refractivity contribution >= 4 is 17.3 Å². The normalized spacial score (nSPS) is 10.6. The summed E-state index contributed by atoms with van der Waals surface area (Å²) < 4.78 is 0. The van der Waals surface area contributed by atoms with Gasteiger partial charge in [-0.1, -0.05) is 6.07 Å². The minimum Gasteiger partial charge on any atom is -0.508 e. The summed E-state index contributed by atoms with van der Waals surface area (Å²) in [6.45, 7) is 2.74. The first kappa shape index (κ1) is 13.2. The Morgan fingerprint density at radius 3 is 2.35 bits per heavy atom. The molecule has 5 heteroatoms. The van der Waals surface area contributed by atoms with Crippen molar-refractivity contribution in [2.75, 3.05) is 12.5 Å². The van der Waals surface area contributed by atoms with E-state index in [-0.39, 0.29) is 17.3 Å². The summed E-state index contributed by atoms with van der Waals surface area (Å²) in [7, 11) is 1.61. The van der Waals surface area contributed by atoms with Gasteiger partial charge in [0.2, 0.25) is 0 Å². The van der Waals surface area contributed by atoms with Gasteiger partial charge in [-0.3, -0.25) is 9.59 Å². The van der Waals surface area contributed by atoms with E-state index in [1.165, 1.54) is 24.9 Å². The minimum absolute atomic E-state index is 0.116. The molecule has 5 nitrogen and oxygen atoms in total. The zero-order valence-electron chi connectivity index (χ0n) is 10.1. The maximum Gasteiger partial charge on any atom is 0.156 e. The van der Waals surface area contributed by atoms with Gasteiger partial charge in [-0.2, -0.15) is 0 Å². The molecule has 92 valence electrons. The Balaban J connectivity index is 2.80. The van der Waals surface area contributed by atoms with Crippen molar-refractivity contribution in [3.8, 4) is 5.75 Å². The van der Waals surface area contributed by atoms with E-state index >= 15 is 0 Å². The van der Waals surface area contributed by atoms with Crippen LogP contribution in [0.25, 0.3) is 0 Å². The molecule has 0 radical (unpaired) electrons. The van der Waals surface area contributed by atoms with Gasteiger partial charge in [0.15, 0.2) is 11.6 Å². The molecule has 2 N–H and O–H groups in total. The van der Waals surface area contributed by atoms with Gasteiger partial charge in [0, 0.05) is 13.1 Å². The van der Waals surface area contributed by atoms with Gasteiger partial charge < -0.3 is 10.5 Å². The number of likely N-dealkylation sites (N-methyl/N-ethyl adjacent to an activating group) is 1. The van der Waals surface area contributed by atoms with Crippen LogP contribution in [-0.4, -0.2) is 34.8 Å². The fourth-order valence-electron chi connectivity index (χ4n) is 1.68. The van der Waals surface area contributed by atoms with Crippen LogP contribution in [0, 0.1) is 0 Å². The maximum absolute atomic E-state index is 11.3. The van der Waals surface area contributed by atoms with E-state index in [0.717, 1.165) is 0 Å². The summed E-state index contributed by atoms with van der Waals surface area (Å²) in [5, 5.41) is 10.7.